The van der Waals surface area contributed by atoms with Crippen LogP contribution in [0.5, 0.6) is 0 Å². The van der Waals surface area contributed by atoms with Gasteiger partial charge < -0.3 is 0 Å². The van der Waals surface area contributed by atoms with Crippen LogP contribution in [0.2, 0.25) is 0 Å². The summed E-state index contributed by atoms with van der Waals surface area (Å²) >= 11 is 0. The standard InChI is InChI=1S/C22H30/c1-5-17-7-9-20-21-15(3)13-16-12-14(2)6-8-18(16)19(21)10-11-22(17,20)4/h1,12,15,17-21H,2,6-11,13H2,3-4H3. The second-order valence-corrected chi connectivity index (χ2v) is 8.89. The summed E-state index contributed by atoms with van der Waals surface area (Å²) in [7, 11) is 0. The Morgan fingerprint density at radius 1 is 1.27 bits per heavy atom. The van der Waals surface area contributed by atoms with E-state index in [9.17, 15) is 0 Å². The van der Waals surface area contributed by atoms with Crippen molar-refractivity contribution in [3.8, 4) is 12.3 Å². The highest BCUT2D eigenvalue weighted by Crippen LogP contribution is 2.64. The molecular weight excluding hydrogens is 264 g/mol. The molecule has 7 unspecified atom stereocenters. The Morgan fingerprint density at radius 3 is 2.86 bits per heavy atom. The first-order valence-electron chi connectivity index (χ1n) is 9.39. The Kier molecular flexibility index (Phi) is 3.34. The second kappa shape index (κ2) is 5.02. The molecule has 118 valence electrons. The van der Waals surface area contributed by atoms with Crippen LogP contribution in [0.1, 0.15) is 58.8 Å². The van der Waals surface area contributed by atoms with E-state index in [-0.39, 0.29) is 0 Å². The Balaban J connectivity index is 1.68. The average Bonchev–Trinajstić information content (AvgIpc) is 2.83. The highest BCUT2D eigenvalue weighted by molar-refractivity contribution is 5.30. The number of hydrogen-bond donors (Lipinski definition) is 0. The molecule has 0 aromatic rings. The highest BCUT2D eigenvalue weighted by atomic mass is 14.6. The third kappa shape index (κ3) is 1.90. The van der Waals surface area contributed by atoms with Crippen LogP contribution in [0.15, 0.2) is 23.8 Å². The summed E-state index contributed by atoms with van der Waals surface area (Å²) in [5, 5.41) is 0. The molecule has 7 atom stereocenters. The van der Waals surface area contributed by atoms with Gasteiger partial charge in [-0.25, -0.2) is 0 Å². The lowest BCUT2D eigenvalue weighted by atomic mass is 9.49. The number of rotatable bonds is 0. The van der Waals surface area contributed by atoms with Crippen molar-refractivity contribution in [2.24, 2.45) is 40.9 Å². The average molecular weight is 294 g/mol. The third-order valence-corrected chi connectivity index (χ3v) is 7.96. The number of hydrogen-bond acceptors (Lipinski definition) is 0. The second-order valence-electron chi connectivity index (χ2n) is 8.89. The molecule has 3 saturated carbocycles. The van der Waals surface area contributed by atoms with E-state index >= 15 is 0 Å². The summed E-state index contributed by atoms with van der Waals surface area (Å²) in [6, 6.07) is 0. The van der Waals surface area contributed by atoms with E-state index in [0.717, 1.165) is 29.6 Å². The summed E-state index contributed by atoms with van der Waals surface area (Å²) in [6.45, 7) is 9.26. The van der Waals surface area contributed by atoms with Gasteiger partial charge in [-0.3, -0.25) is 0 Å². The molecule has 0 saturated heterocycles. The van der Waals surface area contributed by atoms with Gasteiger partial charge in [0.15, 0.2) is 0 Å². The van der Waals surface area contributed by atoms with Gasteiger partial charge in [-0.15, -0.1) is 12.3 Å². The van der Waals surface area contributed by atoms with Crippen LogP contribution in [-0.2, 0) is 0 Å². The van der Waals surface area contributed by atoms with Gasteiger partial charge in [0.1, 0.15) is 0 Å². The van der Waals surface area contributed by atoms with Crippen molar-refractivity contribution in [2.75, 3.05) is 0 Å². The largest absolute Gasteiger partial charge is 0.120 e. The lowest BCUT2D eigenvalue weighted by Gasteiger charge is -2.56. The van der Waals surface area contributed by atoms with Crippen molar-refractivity contribution in [3.63, 3.8) is 0 Å². The molecule has 4 aliphatic rings. The maximum Gasteiger partial charge on any atom is 0.0256 e. The smallest absolute Gasteiger partial charge is 0.0256 e. The Morgan fingerprint density at radius 2 is 2.09 bits per heavy atom. The highest BCUT2D eigenvalue weighted by Gasteiger charge is 2.57. The maximum atomic E-state index is 5.88. The zero-order chi connectivity index (χ0) is 15.5. The molecule has 0 N–H and O–H groups in total. The molecule has 0 radical (unpaired) electrons. The zero-order valence-electron chi connectivity index (χ0n) is 14.3. The Hall–Kier alpha value is -0.960. The molecule has 4 rings (SSSR count). The molecule has 0 heterocycles. The minimum Gasteiger partial charge on any atom is -0.120 e. The number of fused-ring (bicyclic) bond motifs is 5. The Labute approximate surface area is 136 Å². The predicted octanol–water partition coefficient (Wildman–Crippen LogP) is 5.61. The van der Waals surface area contributed by atoms with Gasteiger partial charge in [-0.05, 0) is 80.0 Å². The maximum absolute atomic E-state index is 5.88. The van der Waals surface area contributed by atoms with Gasteiger partial charge in [-0.1, -0.05) is 37.6 Å². The fourth-order valence-corrected chi connectivity index (χ4v) is 6.96. The van der Waals surface area contributed by atoms with Crippen LogP contribution in [0.25, 0.3) is 0 Å². The zero-order valence-corrected chi connectivity index (χ0v) is 14.3. The molecule has 3 fully saturated rings. The normalized spacial score (nSPS) is 50.4. The van der Waals surface area contributed by atoms with E-state index in [1.165, 1.54) is 50.5 Å². The van der Waals surface area contributed by atoms with Crippen LogP contribution in [0.4, 0.5) is 0 Å². The SMILES string of the molecule is C#CC1CCC2C3C(C)CC4=CC(=C)CCC4C3CCC12C. The lowest BCUT2D eigenvalue weighted by molar-refractivity contribution is -0.0374. The molecule has 0 amide bonds. The fourth-order valence-electron chi connectivity index (χ4n) is 6.96. The van der Waals surface area contributed by atoms with Crippen LogP contribution in [0, 0.1) is 53.3 Å². The summed E-state index contributed by atoms with van der Waals surface area (Å²) < 4.78 is 0. The van der Waals surface area contributed by atoms with Crippen molar-refractivity contribution in [1.82, 2.24) is 0 Å². The Bertz CT molecular complexity index is 559. The molecule has 0 aromatic carbocycles. The molecule has 4 aliphatic carbocycles. The van der Waals surface area contributed by atoms with Crippen molar-refractivity contribution < 1.29 is 0 Å². The molecule has 22 heavy (non-hydrogen) atoms. The predicted molar refractivity (Wildman–Crippen MR) is 93.1 cm³/mol. The van der Waals surface area contributed by atoms with Gasteiger partial charge in [0.05, 0.1) is 0 Å². The first-order valence-corrected chi connectivity index (χ1v) is 9.39. The first-order chi connectivity index (χ1) is 10.5. The first kappa shape index (κ1) is 14.6. The van der Waals surface area contributed by atoms with E-state index in [4.69, 9.17) is 6.42 Å². The molecule has 0 aromatic heterocycles. The fraction of sp³-hybridized carbons (Fsp3) is 0.727. The van der Waals surface area contributed by atoms with E-state index < -0.39 is 0 Å². The third-order valence-electron chi connectivity index (χ3n) is 7.96. The van der Waals surface area contributed by atoms with Crippen molar-refractivity contribution in [2.45, 2.75) is 58.8 Å². The summed E-state index contributed by atoms with van der Waals surface area (Å²) in [6.07, 6.45) is 17.7. The van der Waals surface area contributed by atoms with E-state index in [0.29, 0.717) is 11.3 Å². The summed E-state index contributed by atoms with van der Waals surface area (Å²) in [5.41, 5.74) is 3.54. The molecule has 0 bridgehead atoms. The van der Waals surface area contributed by atoms with Gasteiger partial charge >= 0.3 is 0 Å². The molecule has 0 spiro atoms. The molecule has 0 aliphatic heterocycles. The minimum atomic E-state index is 0.434. The summed E-state index contributed by atoms with van der Waals surface area (Å²) in [5.74, 6) is 8.12. The van der Waals surface area contributed by atoms with Crippen LogP contribution in [-0.4, -0.2) is 0 Å². The number of allylic oxidation sites excluding steroid dienone is 3. The monoisotopic (exact) mass is 294 g/mol. The lowest BCUT2D eigenvalue weighted by Crippen LogP contribution is -2.49. The van der Waals surface area contributed by atoms with E-state index in [2.05, 4.69) is 32.4 Å². The van der Waals surface area contributed by atoms with Crippen molar-refractivity contribution in [3.05, 3.63) is 23.8 Å². The van der Waals surface area contributed by atoms with Crippen molar-refractivity contribution >= 4 is 0 Å². The topological polar surface area (TPSA) is 0 Å². The quantitative estimate of drug-likeness (QED) is 0.509. The molecular formula is C22H30. The van der Waals surface area contributed by atoms with E-state index in [1.54, 1.807) is 5.57 Å². The van der Waals surface area contributed by atoms with Crippen LogP contribution in [0.3, 0.4) is 0 Å². The van der Waals surface area contributed by atoms with Crippen LogP contribution >= 0.6 is 0 Å². The van der Waals surface area contributed by atoms with E-state index in [1.807, 2.05) is 0 Å². The molecule has 0 heteroatoms. The summed E-state index contributed by atoms with van der Waals surface area (Å²) in [4.78, 5) is 0. The number of terminal acetylenes is 1. The van der Waals surface area contributed by atoms with Gasteiger partial charge in [0.2, 0.25) is 0 Å². The van der Waals surface area contributed by atoms with Crippen molar-refractivity contribution in [1.29, 1.82) is 0 Å². The van der Waals surface area contributed by atoms with Gasteiger partial charge in [0.25, 0.3) is 0 Å². The van der Waals surface area contributed by atoms with Gasteiger partial charge in [0, 0.05) is 5.92 Å². The molecule has 0 nitrogen and oxygen atoms in total. The minimum absolute atomic E-state index is 0.434. The van der Waals surface area contributed by atoms with Gasteiger partial charge in [-0.2, -0.15) is 0 Å². The van der Waals surface area contributed by atoms with Crippen LogP contribution < -0.4 is 0 Å².